The van der Waals surface area contributed by atoms with Crippen LogP contribution < -0.4 is 5.73 Å². The van der Waals surface area contributed by atoms with Crippen LogP contribution in [0.3, 0.4) is 0 Å². The van der Waals surface area contributed by atoms with E-state index in [0.29, 0.717) is 5.69 Å². The van der Waals surface area contributed by atoms with Gasteiger partial charge in [0.2, 0.25) is 0 Å². The van der Waals surface area contributed by atoms with Crippen LogP contribution in [0.15, 0.2) is 30.7 Å². The Balaban J connectivity index is 2.33. The summed E-state index contributed by atoms with van der Waals surface area (Å²) >= 11 is 0. The van der Waals surface area contributed by atoms with Crippen LogP contribution in [0.2, 0.25) is 0 Å². The van der Waals surface area contributed by atoms with E-state index in [1.165, 1.54) is 23.1 Å². The molecule has 2 rings (SSSR count). The second-order valence-electron chi connectivity index (χ2n) is 3.12. The zero-order chi connectivity index (χ0) is 11.8. The number of nitrogens with zero attached hydrogens (tertiary/aromatic N) is 3. The Morgan fingerprint density at radius 3 is 2.38 bits per heavy atom. The fourth-order valence-corrected chi connectivity index (χ4v) is 1.15. The average Bonchev–Trinajstić information content (AvgIpc) is 2.64. The second kappa shape index (κ2) is 3.51. The van der Waals surface area contributed by atoms with E-state index in [4.69, 9.17) is 5.73 Å². The summed E-state index contributed by atoms with van der Waals surface area (Å²) in [5, 5.41) is 3.83. The Hall–Kier alpha value is -2.05. The standard InChI is InChI=1S/C9H7F3N4/c10-9(11,12)6-1-2-8(14-3-6)16-5-7(13)4-15-16/h1-5H,13H2. The van der Waals surface area contributed by atoms with E-state index in [-0.39, 0.29) is 5.82 Å². The van der Waals surface area contributed by atoms with Gasteiger partial charge in [-0.25, -0.2) is 9.67 Å². The highest BCUT2D eigenvalue weighted by Gasteiger charge is 2.30. The molecule has 0 aliphatic carbocycles. The lowest BCUT2D eigenvalue weighted by Gasteiger charge is -2.06. The minimum Gasteiger partial charge on any atom is -0.396 e. The molecule has 0 fully saturated rings. The van der Waals surface area contributed by atoms with Crippen LogP contribution >= 0.6 is 0 Å². The summed E-state index contributed by atoms with van der Waals surface area (Å²) in [6.45, 7) is 0. The quantitative estimate of drug-likeness (QED) is 0.810. The largest absolute Gasteiger partial charge is 0.417 e. The topological polar surface area (TPSA) is 56.7 Å². The monoisotopic (exact) mass is 228 g/mol. The highest BCUT2D eigenvalue weighted by Crippen LogP contribution is 2.28. The van der Waals surface area contributed by atoms with Crippen molar-refractivity contribution in [1.82, 2.24) is 14.8 Å². The third kappa shape index (κ3) is 1.97. The number of hydrogen-bond donors (Lipinski definition) is 1. The number of aromatic nitrogens is 3. The molecule has 2 N–H and O–H groups in total. The number of pyridine rings is 1. The van der Waals surface area contributed by atoms with Crippen LogP contribution in [0, 0.1) is 0 Å². The van der Waals surface area contributed by atoms with Gasteiger partial charge in [0.15, 0.2) is 5.82 Å². The van der Waals surface area contributed by atoms with Gasteiger partial charge in [-0.2, -0.15) is 18.3 Å². The van der Waals surface area contributed by atoms with Crippen LogP contribution in [0.4, 0.5) is 18.9 Å². The minimum absolute atomic E-state index is 0.282. The van der Waals surface area contributed by atoms with E-state index in [1.807, 2.05) is 0 Å². The number of anilines is 1. The van der Waals surface area contributed by atoms with Crippen molar-refractivity contribution in [2.24, 2.45) is 0 Å². The molecule has 2 aromatic rings. The molecular weight excluding hydrogens is 221 g/mol. The second-order valence-corrected chi connectivity index (χ2v) is 3.12. The Bertz CT molecular complexity index is 486. The van der Waals surface area contributed by atoms with Gasteiger partial charge in [-0.1, -0.05) is 0 Å². The predicted molar refractivity (Wildman–Crippen MR) is 50.8 cm³/mol. The van der Waals surface area contributed by atoms with Crippen LogP contribution in [-0.2, 0) is 6.18 Å². The molecule has 2 heterocycles. The molecule has 0 atom stereocenters. The van der Waals surface area contributed by atoms with Crippen LogP contribution in [0.1, 0.15) is 5.56 Å². The number of nitrogen functional groups attached to an aromatic ring is 1. The predicted octanol–water partition coefficient (Wildman–Crippen LogP) is 1.87. The van der Waals surface area contributed by atoms with Crippen molar-refractivity contribution in [2.75, 3.05) is 5.73 Å². The number of nitrogens with two attached hydrogens (primary N) is 1. The molecule has 2 aromatic heterocycles. The van der Waals surface area contributed by atoms with Crippen LogP contribution in [-0.4, -0.2) is 14.8 Å². The highest BCUT2D eigenvalue weighted by atomic mass is 19.4. The van der Waals surface area contributed by atoms with Crippen molar-refractivity contribution in [3.63, 3.8) is 0 Å². The summed E-state index contributed by atoms with van der Waals surface area (Å²) in [4.78, 5) is 3.65. The molecule has 0 bridgehead atoms. The summed E-state index contributed by atoms with van der Waals surface area (Å²) in [7, 11) is 0. The van der Waals surface area contributed by atoms with Gasteiger partial charge in [-0.05, 0) is 12.1 Å². The maximum absolute atomic E-state index is 12.2. The number of hydrogen-bond acceptors (Lipinski definition) is 3. The van der Waals surface area contributed by atoms with E-state index in [2.05, 4.69) is 10.1 Å². The molecule has 4 nitrogen and oxygen atoms in total. The molecule has 0 unspecified atom stereocenters. The first-order chi connectivity index (χ1) is 7.47. The molecule has 0 amide bonds. The van der Waals surface area contributed by atoms with Crippen LogP contribution in [0.5, 0.6) is 0 Å². The molecule has 0 aliphatic heterocycles. The van der Waals surface area contributed by atoms with Crippen molar-refractivity contribution in [2.45, 2.75) is 6.18 Å². The average molecular weight is 228 g/mol. The molecule has 0 spiro atoms. The zero-order valence-electron chi connectivity index (χ0n) is 7.94. The molecule has 0 saturated heterocycles. The summed E-state index contributed by atoms with van der Waals surface area (Å²) in [6, 6.07) is 2.18. The van der Waals surface area contributed by atoms with Gasteiger partial charge in [-0.3, -0.25) is 0 Å². The molecular formula is C9H7F3N4. The third-order valence-corrected chi connectivity index (χ3v) is 1.91. The van der Waals surface area contributed by atoms with E-state index >= 15 is 0 Å². The van der Waals surface area contributed by atoms with E-state index in [1.54, 1.807) is 0 Å². The first-order valence-corrected chi connectivity index (χ1v) is 4.30. The number of halogens is 3. The van der Waals surface area contributed by atoms with Gasteiger partial charge in [0.05, 0.1) is 23.6 Å². The molecule has 0 saturated carbocycles. The Kier molecular flexibility index (Phi) is 2.30. The SMILES string of the molecule is Nc1cnn(-c2ccc(C(F)(F)F)cn2)c1. The van der Waals surface area contributed by atoms with Crippen LogP contribution in [0.25, 0.3) is 5.82 Å². The van der Waals surface area contributed by atoms with Crippen molar-refractivity contribution in [1.29, 1.82) is 0 Å². The maximum atomic E-state index is 12.2. The molecule has 0 aromatic carbocycles. The maximum Gasteiger partial charge on any atom is 0.417 e. The first kappa shape index (κ1) is 10.5. The summed E-state index contributed by atoms with van der Waals surface area (Å²) in [5.74, 6) is 0.282. The smallest absolute Gasteiger partial charge is 0.396 e. The van der Waals surface area contributed by atoms with Gasteiger partial charge in [0, 0.05) is 6.20 Å². The van der Waals surface area contributed by atoms with Gasteiger partial charge in [0.25, 0.3) is 0 Å². The van der Waals surface area contributed by atoms with Gasteiger partial charge < -0.3 is 5.73 Å². The van der Waals surface area contributed by atoms with Gasteiger partial charge >= 0.3 is 6.18 Å². The fraction of sp³-hybridized carbons (Fsp3) is 0.111. The highest BCUT2D eigenvalue weighted by molar-refractivity contribution is 5.35. The number of alkyl halides is 3. The van der Waals surface area contributed by atoms with Crippen molar-refractivity contribution in [3.05, 3.63) is 36.3 Å². The van der Waals surface area contributed by atoms with E-state index in [9.17, 15) is 13.2 Å². The first-order valence-electron chi connectivity index (χ1n) is 4.30. The Morgan fingerprint density at radius 2 is 1.94 bits per heavy atom. The molecule has 84 valence electrons. The summed E-state index contributed by atoms with van der Waals surface area (Å²) in [5.41, 5.74) is 5.05. The van der Waals surface area contributed by atoms with Crippen molar-refractivity contribution < 1.29 is 13.2 Å². The Morgan fingerprint density at radius 1 is 1.19 bits per heavy atom. The lowest BCUT2D eigenvalue weighted by atomic mass is 10.3. The lowest BCUT2D eigenvalue weighted by Crippen LogP contribution is -2.06. The third-order valence-electron chi connectivity index (χ3n) is 1.91. The number of rotatable bonds is 1. The molecule has 16 heavy (non-hydrogen) atoms. The molecule has 7 heteroatoms. The minimum atomic E-state index is -4.38. The summed E-state index contributed by atoms with van der Waals surface area (Å²) < 4.78 is 38.0. The zero-order valence-corrected chi connectivity index (χ0v) is 7.94. The molecule has 0 radical (unpaired) electrons. The van der Waals surface area contributed by atoms with Crippen molar-refractivity contribution in [3.8, 4) is 5.82 Å². The normalized spacial score (nSPS) is 11.7. The lowest BCUT2D eigenvalue weighted by molar-refractivity contribution is -0.137. The molecule has 0 aliphatic rings. The van der Waals surface area contributed by atoms with E-state index < -0.39 is 11.7 Å². The Labute approximate surface area is 88.5 Å². The fourth-order valence-electron chi connectivity index (χ4n) is 1.15. The van der Waals surface area contributed by atoms with Gasteiger partial charge in [-0.15, -0.1) is 0 Å². The van der Waals surface area contributed by atoms with Gasteiger partial charge in [0.1, 0.15) is 0 Å². The van der Waals surface area contributed by atoms with Crippen molar-refractivity contribution >= 4 is 5.69 Å². The van der Waals surface area contributed by atoms with E-state index in [0.717, 1.165) is 12.3 Å². The summed E-state index contributed by atoms with van der Waals surface area (Å²) in [6.07, 6.45) is -0.767.